The maximum absolute atomic E-state index is 11.1. The third-order valence-electron chi connectivity index (χ3n) is 1.66. The minimum Gasteiger partial charge on any atom is -0.460 e. The maximum Gasteiger partial charge on any atom is 0.333 e. The highest BCUT2D eigenvalue weighted by molar-refractivity contribution is 8.01. The Morgan fingerprint density at radius 3 is 2.88 bits per heavy atom. The molecule has 0 aromatic carbocycles. The van der Waals surface area contributed by atoms with Crippen molar-refractivity contribution in [3.05, 3.63) is 17.2 Å². The first kappa shape index (κ1) is 14.1. The number of aliphatic hydroxyl groups excluding tert-OH is 1. The number of aryl methyl sites for hydroxylation is 1. The fraction of sp³-hybridized carbons (Fsp3) is 0.500. The average Bonchev–Trinajstić information content (AvgIpc) is 2.69. The highest BCUT2D eigenvalue weighted by Gasteiger charge is 2.11. The molecule has 94 valence electrons. The number of ether oxygens (including phenoxy) is 1. The average molecular weight is 274 g/mol. The molecule has 1 rings (SSSR count). The molecule has 1 N–H and O–H groups in total. The smallest absolute Gasteiger partial charge is 0.333 e. The molecule has 1 aromatic heterocycles. The van der Waals surface area contributed by atoms with Gasteiger partial charge in [-0.15, -0.1) is 10.2 Å². The number of hydrogen-bond acceptors (Lipinski definition) is 7. The van der Waals surface area contributed by atoms with E-state index in [4.69, 9.17) is 4.74 Å². The van der Waals surface area contributed by atoms with E-state index in [-0.39, 0.29) is 6.61 Å². The molecule has 0 aliphatic rings. The van der Waals surface area contributed by atoms with Crippen LogP contribution in [0.25, 0.3) is 0 Å². The molecule has 0 saturated heterocycles. The van der Waals surface area contributed by atoms with Crippen LogP contribution in [0.3, 0.4) is 0 Å². The first-order valence-corrected chi connectivity index (χ1v) is 6.73. The quantitative estimate of drug-likeness (QED) is 0.480. The number of hydrogen-bond donors (Lipinski definition) is 1. The summed E-state index contributed by atoms with van der Waals surface area (Å²) in [5.41, 5.74) is 0.324. The van der Waals surface area contributed by atoms with Gasteiger partial charge in [0.2, 0.25) is 0 Å². The minimum absolute atomic E-state index is 0.0313. The van der Waals surface area contributed by atoms with Crippen molar-refractivity contribution in [2.45, 2.75) is 24.3 Å². The standard InChI is InChI=1S/C10H14N2O3S2/c1-6(2)9(14)15-4-8(13)5-16-10-12-11-7(3)17-10/h8,13H,1,4-5H2,2-3H3. The summed E-state index contributed by atoms with van der Waals surface area (Å²) in [7, 11) is 0. The summed E-state index contributed by atoms with van der Waals surface area (Å²) in [5.74, 6) is -0.0706. The van der Waals surface area contributed by atoms with E-state index >= 15 is 0 Å². The van der Waals surface area contributed by atoms with Crippen molar-refractivity contribution >= 4 is 29.1 Å². The molecule has 0 aliphatic heterocycles. The van der Waals surface area contributed by atoms with Gasteiger partial charge in [0.05, 0.1) is 6.10 Å². The number of aliphatic hydroxyl groups is 1. The van der Waals surface area contributed by atoms with Gasteiger partial charge in [-0.3, -0.25) is 0 Å². The van der Waals surface area contributed by atoms with Crippen LogP contribution in [0.4, 0.5) is 0 Å². The van der Waals surface area contributed by atoms with Crippen LogP contribution in [-0.2, 0) is 9.53 Å². The van der Waals surface area contributed by atoms with Gasteiger partial charge in [0.1, 0.15) is 11.6 Å². The molecule has 1 aromatic rings. The SMILES string of the molecule is C=C(C)C(=O)OCC(O)CSc1nnc(C)s1. The molecule has 0 radical (unpaired) electrons. The molecule has 0 fully saturated rings. The summed E-state index contributed by atoms with van der Waals surface area (Å²) in [6.07, 6.45) is -0.715. The summed E-state index contributed by atoms with van der Waals surface area (Å²) in [5, 5.41) is 18.2. The van der Waals surface area contributed by atoms with Crippen LogP contribution >= 0.6 is 23.1 Å². The Morgan fingerprint density at radius 1 is 1.65 bits per heavy atom. The Kier molecular flexibility index (Phi) is 5.60. The Morgan fingerprint density at radius 2 is 2.35 bits per heavy atom. The molecule has 1 heterocycles. The summed E-state index contributed by atoms with van der Waals surface area (Å²) in [6, 6.07) is 0. The van der Waals surface area contributed by atoms with E-state index in [1.54, 1.807) is 6.92 Å². The zero-order valence-corrected chi connectivity index (χ0v) is 11.3. The maximum atomic E-state index is 11.1. The Hall–Kier alpha value is -0.920. The molecular weight excluding hydrogens is 260 g/mol. The van der Waals surface area contributed by atoms with Gasteiger partial charge in [-0.1, -0.05) is 29.7 Å². The van der Waals surface area contributed by atoms with Crippen molar-refractivity contribution in [2.24, 2.45) is 0 Å². The number of aromatic nitrogens is 2. The first-order chi connectivity index (χ1) is 7.99. The molecule has 1 unspecified atom stereocenters. The summed E-state index contributed by atoms with van der Waals surface area (Å²) < 4.78 is 5.62. The molecule has 0 amide bonds. The molecule has 5 nitrogen and oxygen atoms in total. The fourth-order valence-electron chi connectivity index (χ4n) is 0.847. The summed E-state index contributed by atoms with van der Waals surface area (Å²) in [6.45, 7) is 6.85. The highest BCUT2D eigenvalue weighted by Crippen LogP contribution is 2.22. The largest absolute Gasteiger partial charge is 0.460 e. The van der Waals surface area contributed by atoms with E-state index in [2.05, 4.69) is 16.8 Å². The van der Waals surface area contributed by atoms with Crippen LogP contribution in [0, 0.1) is 6.92 Å². The third-order valence-corrected chi connectivity index (χ3v) is 3.78. The van der Waals surface area contributed by atoms with Crippen molar-refractivity contribution in [1.29, 1.82) is 0 Å². The molecule has 0 saturated carbocycles. The molecule has 0 spiro atoms. The predicted molar refractivity (Wildman–Crippen MR) is 67.1 cm³/mol. The Balaban J connectivity index is 2.23. The normalized spacial score (nSPS) is 12.2. The number of carbonyl (C=O) groups is 1. The van der Waals surface area contributed by atoms with Gasteiger partial charge in [-0.2, -0.15) is 0 Å². The zero-order chi connectivity index (χ0) is 12.8. The fourth-order valence-corrected chi connectivity index (χ4v) is 2.59. The highest BCUT2D eigenvalue weighted by atomic mass is 32.2. The molecule has 17 heavy (non-hydrogen) atoms. The van der Waals surface area contributed by atoms with E-state index in [0.717, 1.165) is 9.35 Å². The summed E-state index contributed by atoms with van der Waals surface area (Å²) in [4.78, 5) is 11.1. The van der Waals surface area contributed by atoms with E-state index < -0.39 is 12.1 Å². The van der Waals surface area contributed by atoms with Crippen LogP contribution in [-0.4, -0.2) is 39.7 Å². The number of rotatable bonds is 6. The number of thioether (sulfide) groups is 1. The summed E-state index contributed by atoms with van der Waals surface area (Å²) >= 11 is 2.86. The lowest BCUT2D eigenvalue weighted by molar-refractivity contribution is -0.141. The lowest BCUT2D eigenvalue weighted by Gasteiger charge is -2.09. The van der Waals surface area contributed by atoms with Crippen LogP contribution in [0.15, 0.2) is 16.5 Å². The Bertz CT molecular complexity index is 406. The second kappa shape index (κ2) is 6.73. The van der Waals surface area contributed by atoms with Gasteiger partial charge in [0.25, 0.3) is 0 Å². The number of carbonyl (C=O) groups excluding carboxylic acids is 1. The topological polar surface area (TPSA) is 72.3 Å². The van der Waals surface area contributed by atoms with E-state index in [9.17, 15) is 9.90 Å². The van der Waals surface area contributed by atoms with Crippen molar-refractivity contribution in [1.82, 2.24) is 10.2 Å². The van der Waals surface area contributed by atoms with Crippen molar-refractivity contribution in [3.63, 3.8) is 0 Å². The monoisotopic (exact) mass is 274 g/mol. The number of esters is 1. The Labute approximate surface area is 108 Å². The van der Waals surface area contributed by atoms with Gasteiger partial charge < -0.3 is 9.84 Å². The van der Waals surface area contributed by atoms with Crippen molar-refractivity contribution < 1.29 is 14.6 Å². The van der Waals surface area contributed by atoms with Crippen LogP contribution in [0.5, 0.6) is 0 Å². The zero-order valence-electron chi connectivity index (χ0n) is 9.67. The van der Waals surface area contributed by atoms with E-state index in [0.29, 0.717) is 11.3 Å². The van der Waals surface area contributed by atoms with Gasteiger partial charge in [0, 0.05) is 11.3 Å². The molecule has 0 aliphatic carbocycles. The van der Waals surface area contributed by atoms with Crippen LogP contribution < -0.4 is 0 Å². The molecule has 1 atom stereocenters. The van der Waals surface area contributed by atoms with E-state index in [1.807, 2.05) is 6.92 Å². The van der Waals surface area contributed by atoms with Gasteiger partial charge >= 0.3 is 5.97 Å². The lowest BCUT2D eigenvalue weighted by atomic mass is 10.3. The first-order valence-electron chi connectivity index (χ1n) is 4.92. The second-order valence-electron chi connectivity index (χ2n) is 3.43. The minimum atomic E-state index is -0.715. The number of nitrogens with zero attached hydrogens (tertiary/aromatic N) is 2. The van der Waals surface area contributed by atoms with Gasteiger partial charge in [-0.05, 0) is 13.8 Å². The third kappa shape index (κ3) is 5.29. The molecule has 7 heteroatoms. The lowest BCUT2D eigenvalue weighted by Crippen LogP contribution is -2.21. The van der Waals surface area contributed by atoms with Crippen LogP contribution in [0.2, 0.25) is 0 Å². The van der Waals surface area contributed by atoms with E-state index in [1.165, 1.54) is 23.1 Å². The second-order valence-corrected chi connectivity index (χ2v) is 5.88. The molecule has 0 bridgehead atoms. The van der Waals surface area contributed by atoms with Gasteiger partial charge in [0.15, 0.2) is 4.34 Å². The van der Waals surface area contributed by atoms with Crippen molar-refractivity contribution in [2.75, 3.05) is 12.4 Å². The van der Waals surface area contributed by atoms with Crippen LogP contribution in [0.1, 0.15) is 11.9 Å². The molecular formula is C10H14N2O3S2. The van der Waals surface area contributed by atoms with Gasteiger partial charge in [-0.25, -0.2) is 4.79 Å². The predicted octanol–water partition coefficient (Wildman–Crippen LogP) is 1.42. The van der Waals surface area contributed by atoms with Crippen molar-refractivity contribution in [3.8, 4) is 0 Å².